The van der Waals surface area contributed by atoms with Crippen LogP contribution in [0.2, 0.25) is 0 Å². The van der Waals surface area contributed by atoms with Gasteiger partial charge >= 0.3 is 0 Å². The fourth-order valence-electron chi connectivity index (χ4n) is 4.33. The molecule has 0 saturated carbocycles. The summed E-state index contributed by atoms with van der Waals surface area (Å²) in [5.41, 5.74) is 4.27. The van der Waals surface area contributed by atoms with Crippen molar-refractivity contribution < 1.29 is 9.59 Å². The third-order valence-electron chi connectivity index (χ3n) is 6.28. The van der Waals surface area contributed by atoms with E-state index in [1.807, 2.05) is 67.6 Å². The Morgan fingerprint density at radius 2 is 1.47 bits per heavy atom. The lowest BCUT2D eigenvalue weighted by Crippen LogP contribution is -2.47. The molecule has 4 aromatic rings. The van der Waals surface area contributed by atoms with Crippen molar-refractivity contribution in [2.24, 2.45) is 0 Å². The number of benzene rings is 3. The molecule has 1 heterocycles. The predicted molar refractivity (Wildman–Crippen MR) is 154 cm³/mol. The Bertz CT molecular complexity index is 1320. The average Bonchev–Trinajstić information content (AvgIpc) is 2.96. The van der Waals surface area contributed by atoms with Crippen LogP contribution in [0, 0.1) is 0 Å². The van der Waals surface area contributed by atoms with Gasteiger partial charge in [0.1, 0.15) is 6.04 Å². The molecule has 3 aromatic carbocycles. The summed E-state index contributed by atoms with van der Waals surface area (Å²) in [6.07, 6.45) is 4.75. The highest BCUT2D eigenvalue weighted by molar-refractivity contribution is 6.54. The number of hydrogen-bond acceptors (Lipinski definition) is 3. The number of rotatable bonds is 10. The number of alkyl halides is 2. The summed E-state index contributed by atoms with van der Waals surface area (Å²) in [6.45, 7) is 1.95. The lowest BCUT2D eigenvalue weighted by atomic mass is 10.0. The van der Waals surface area contributed by atoms with Crippen LogP contribution in [0.25, 0.3) is 11.1 Å². The lowest BCUT2D eigenvalue weighted by molar-refractivity contribution is -0.126. The van der Waals surface area contributed by atoms with Gasteiger partial charge in [-0.3, -0.25) is 19.5 Å². The van der Waals surface area contributed by atoms with Gasteiger partial charge in [-0.1, -0.05) is 102 Å². The molecule has 38 heavy (non-hydrogen) atoms. The van der Waals surface area contributed by atoms with E-state index in [-0.39, 0.29) is 11.9 Å². The maximum Gasteiger partial charge on any atom is 0.261 e. The van der Waals surface area contributed by atoms with Crippen molar-refractivity contribution in [1.82, 2.24) is 10.3 Å². The van der Waals surface area contributed by atoms with Crippen LogP contribution < -0.4 is 10.2 Å². The molecule has 1 aromatic heterocycles. The molecule has 7 heteroatoms. The summed E-state index contributed by atoms with van der Waals surface area (Å²) in [4.78, 5) is 31.3. The summed E-state index contributed by atoms with van der Waals surface area (Å²) in [5, 5.41) is 3.08. The summed E-state index contributed by atoms with van der Waals surface area (Å²) >= 11 is 12.2. The second kappa shape index (κ2) is 13.2. The van der Waals surface area contributed by atoms with Gasteiger partial charge in [-0.15, -0.1) is 0 Å². The maximum atomic E-state index is 13.8. The van der Waals surface area contributed by atoms with E-state index in [0.29, 0.717) is 11.3 Å². The Morgan fingerprint density at radius 1 is 0.842 bits per heavy atom. The second-order valence-electron chi connectivity index (χ2n) is 9.04. The monoisotopic (exact) mass is 545 g/mol. The van der Waals surface area contributed by atoms with Crippen LogP contribution in [0.3, 0.4) is 0 Å². The molecule has 2 amide bonds. The van der Waals surface area contributed by atoms with Crippen molar-refractivity contribution in [1.29, 1.82) is 0 Å². The molecule has 0 radical (unpaired) electrons. The molecule has 1 N–H and O–H groups in total. The smallest absolute Gasteiger partial charge is 0.261 e. The first-order valence-electron chi connectivity index (χ1n) is 12.4. The highest BCUT2D eigenvalue weighted by Crippen LogP contribution is 2.32. The molecule has 0 unspecified atom stereocenters. The number of halogens is 2. The van der Waals surface area contributed by atoms with E-state index in [1.165, 1.54) is 10.5 Å². The van der Waals surface area contributed by atoms with Crippen LogP contribution in [0.1, 0.15) is 30.5 Å². The first kappa shape index (κ1) is 27.4. The standard InChI is InChI=1S/C31H29Cl2N3O2/c1-22(14-15-23-9-4-2-5-10-23)35-30(37)28(26-13-8-20-34-21-26)36(31(38)29(32)33)27-18-16-25(17-19-27)24-11-6-3-7-12-24/h2-13,16-22,28-29H,14-15H2,1H3,(H,35,37)/t22-,28+/m0/s1. The maximum absolute atomic E-state index is 13.8. The van der Waals surface area contributed by atoms with Gasteiger partial charge in [-0.05, 0) is 54.7 Å². The largest absolute Gasteiger partial charge is 0.352 e. The molecule has 0 saturated heterocycles. The van der Waals surface area contributed by atoms with Gasteiger partial charge in [0, 0.05) is 29.7 Å². The van der Waals surface area contributed by atoms with Gasteiger partial charge in [0.25, 0.3) is 5.91 Å². The SMILES string of the molecule is C[C@@H](CCc1ccccc1)NC(=O)[C@@H](c1cccnc1)N(C(=O)C(Cl)Cl)c1ccc(-c2ccccc2)cc1. The summed E-state index contributed by atoms with van der Waals surface area (Å²) in [6, 6.07) is 29.8. The molecule has 0 aliphatic heterocycles. The molecule has 5 nitrogen and oxygen atoms in total. The molecule has 194 valence electrons. The molecule has 0 fully saturated rings. The fourth-order valence-corrected chi connectivity index (χ4v) is 4.54. The number of carbonyl (C=O) groups is 2. The number of aromatic nitrogens is 1. The molecule has 4 rings (SSSR count). The van der Waals surface area contributed by atoms with Crippen LogP contribution in [0.5, 0.6) is 0 Å². The van der Waals surface area contributed by atoms with E-state index < -0.39 is 16.8 Å². The first-order chi connectivity index (χ1) is 18.4. The fraction of sp³-hybridized carbons (Fsp3) is 0.194. The summed E-state index contributed by atoms with van der Waals surface area (Å²) in [7, 11) is 0. The van der Waals surface area contributed by atoms with Crippen molar-refractivity contribution >= 4 is 40.7 Å². The van der Waals surface area contributed by atoms with Crippen LogP contribution >= 0.6 is 23.2 Å². The first-order valence-corrected chi connectivity index (χ1v) is 13.3. The van der Waals surface area contributed by atoms with Crippen LogP contribution in [0.15, 0.2) is 109 Å². The van der Waals surface area contributed by atoms with Crippen LogP contribution in [0.4, 0.5) is 5.69 Å². The van der Waals surface area contributed by atoms with E-state index in [9.17, 15) is 9.59 Å². The molecule has 2 atom stereocenters. The lowest BCUT2D eigenvalue weighted by Gasteiger charge is -2.32. The van der Waals surface area contributed by atoms with Gasteiger partial charge in [-0.25, -0.2) is 0 Å². The third kappa shape index (κ3) is 7.00. The van der Waals surface area contributed by atoms with Crippen molar-refractivity contribution in [3.63, 3.8) is 0 Å². The van der Waals surface area contributed by atoms with Crippen molar-refractivity contribution in [2.45, 2.75) is 36.7 Å². The number of aryl methyl sites for hydroxylation is 1. The van der Waals surface area contributed by atoms with E-state index in [0.717, 1.165) is 24.0 Å². The Balaban J connectivity index is 1.64. The summed E-state index contributed by atoms with van der Waals surface area (Å²) in [5.74, 6) is -0.935. The van der Waals surface area contributed by atoms with Gasteiger partial charge < -0.3 is 5.32 Å². The molecule has 0 aliphatic carbocycles. The van der Waals surface area contributed by atoms with Crippen LogP contribution in [-0.4, -0.2) is 27.7 Å². The van der Waals surface area contributed by atoms with Crippen molar-refractivity contribution in [3.8, 4) is 11.1 Å². The second-order valence-corrected chi connectivity index (χ2v) is 10.1. The number of anilines is 1. The highest BCUT2D eigenvalue weighted by atomic mass is 35.5. The zero-order chi connectivity index (χ0) is 26.9. The number of pyridine rings is 1. The summed E-state index contributed by atoms with van der Waals surface area (Å²) < 4.78 is 0. The Labute approximate surface area is 233 Å². The van der Waals surface area contributed by atoms with Gasteiger partial charge in [0.05, 0.1) is 0 Å². The van der Waals surface area contributed by atoms with Crippen molar-refractivity contribution in [2.75, 3.05) is 4.90 Å². The van der Waals surface area contributed by atoms with E-state index in [2.05, 4.69) is 22.4 Å². The topological polar surface area (TPSA) is 62.3 Å². The molecular formula is C31H29Cl2N3O2. The number of amides is 2. The molecular weight excluding hydrogens is 517 g/mol. The normalized spacial score (nSPS) is 12.5. The van der Waals surface area contributed by atoms with E-state index in [1.54, 1.807) is 36.7 Å². The van der Waals surface area contributed by atoms with Crippen molar-refractivity contribution in [3.05, 3.63) is 121 Å². The zero-order valence-corrected chi connectivity index (χ0v) is 22.5. The Morgan fingerprint density at radius 3 is 2.08 bits per heavy atom. The van der Waals surface area contributed by atoms with Gasteiger partial charge in [-0.2, -0.15) is 0 Å². The van der Waals surface area contributed by atoms with Gasteiger partial charge in [0.15, 0.2) is 4.84 Å². The van der Waals surface area contributed by atoms with Gasteiger partial charge in [0.2, 0.25) is 5.91 Å². The number of carbonyl (C=O) groups excluding carboxylic acids is 2. The third-order valence-corrected chi connectivity index (χ3v) is 6.65. The minimum Gasteiger partial charge on any atom is -0.352 e. The Kier molecular flexibility index (Phi) is 9.52. The molecule has 0 spiro atoms. The van der Waals surface area contributed by atoms with E-state index >= 15 is 0 Å². The number of nitrogens with one attached hydrogen (secondary N) is 1. The minimum atomic E-state index is -1.36. The Hall–Kier alpha value is -3.67. The minimum absolute atomic E-state index is 0.137. The highest BCUT2D eigenvalue weighted by Gasteiger charge is 2.35. The number of nitrogens with zero attached hydrogens (tertiary/aromatic N) is 2. The van der Waals surface area contributed by atoms with E-state index in [4.69, 9.17) is 23.2 Å². The number of hydrogen-bond donors (Lipinski definition) is 1. The molecule has 0 bridgehead atoms. The zero-order valence-electron chi connectivity index (χ0n) is 21.0. The quantitative estimate of drug-likeness (QED) is 0.224. The van der Waals surface area contributed by atoms with Crippen LogP contribution in [-0.2, 0) is 16.0 Å². The molecule has 0 aliphatic rings. The predicted octanol–water partition coefficient (Wildman–Crippen LogP) is 6.76. The average molecular weight is 546 g/mol.